The lowest BCUT2D eigenvalue weighted by atomic mass is 10.1. The van der Waals surface area contributed by atoms with Crippen molar-refractivity contribution in [2.24, 2.45) is 5.73 Å². The van der Waals surface area contributed by atoms with Crippen LogP contribution in [0, 0.1) is 0 Å². The van der Waals surface area contributed by atoms with Gasteiger partial charge in [0.25, 0.3) is 0 Å². The van der Waals surface area contributed by atoms with Gasteiger partial charge in [0.15, 0.2) is 11.5 Å². The summed E-state index contributed by atoms with van der Waals surface area (Å²) in [5, 5.41) is 0. The molecule has 0 fully saturated rings. The lowest BCUT2D eigenvalue weighted by Gasteiger charge is -2.14. The first kappa shape index (κ1) is 18.3. The molecule has 0 bridgehead atoms. The summed E-state index contributed by atoms with van der Waals surface area (Å²) in [5.41, 5.74) is 6.11. The zero-order valence-electron chi connectivity index (χ0n) is 13.9. The smallest absolute Gasteiger partial charge is 0.221 e. The van der Waals surface area contributed by atoms with Crippen LogP contribution in [0.1, 0.15) is 57.9 Å². The maximum absolute atomic E-state index is 11.1. The predicted octanol–water partition coefficient (Wildman–Crippen LogP) is 3.85. The molecule has 0 aliphatic heterocycles. The molecular weight excluding hydrogens is 278 g/mol. The van der Waals surface area contributed by atoms with Crippen molar-refractivity contribution in [1.82, 2.24) is 0 Å². The van der Waals surface area contributed by atoms with Gasteiger partial charge in [0.2, 0.25) is 5.91 Å². The molecule has 1 aromatic rings. The second-order valence-electron chi connectivity index (χ2n) is 5.54. The van der Waals surface area contributed by atoms with E-state index in [1.54, 1.807) is 0 Å². The minimum Gasteiger partial charge on any atom is -0.490 e. The van der Waals surface area contributed by atoms with Crippen molar-refractivity contribution in [3.63, 3.8) is 0 Å². The molecule has 0 aliphatic rings. The van der Waals surface area contributed by atoms with E-state index in [-0.39, 0.29) is 12.3 Å². The van der Waals surface area contributed by atoms with Gasteiger partial charge in [-0.15, -0.1) is 0 Å². The zero-order chi connectivity index (χ0) is 16.2. The Morgan fingerprint density at radius 2 is 1.55 bits per heavy atom. The third kappa shape index (κ3) is 7.34. The molecule has 1 rings (SSSR count). The Kier molecular flexibility index (Phi) is 9.12. The monoisotopic (exact) mass is 307 g/mol. The van der Waals surface area contributed by atoms with Crippen LogP contribution < -0.4 is 15.2 Å². The molecule has 4 nitrogen and oxygen atoms in total. The number of carbonyl (C=O) groups excluding carboxylic acids is 1. The van der Waals surface area contributed by atoms with Gasteiger partial charge >= 0.3 is 0 Å². The van der Waals surface area contributed by atoms with E-state index in [4.69, 9.17) is 15.2 Å². The normalized spacial score (nSPS) is 10.5. The number of unbranched alkanes of at least 4 members (excludes halogenated alkanes) is 4. The van der Waals surface area contributed by atoms with Crippen molar-refractivity contribution in [2.75, 3.05) is 13.2 Å². The van der Waals surface area contributed by atoms with Crippen LogP contribution >= 0.6 is 0 Å². The van der Waals surface area contributed by atoms with E-state index in [1.807, 2.05) is 18.2 Å². The van der Waals surface area contributed by atoms with Crippen molar-refractivity contribution < 1.29 is 14.3 Å². The quantitative estimate of drug-likeness (QED) is 0.597. The Morgan fingerprint density at radius 3 is 2.09 bits per heavy atom. The fraction of sp³-hybridized carbons (Fsp3) is 0.611. The van der Waals surface area contributed by atoms with Crippen LogP contribution in [-0.4, -0.2) is 19.1 Å². The molecule has 0 atom stereocenters. The molecule has 0 radical (unpaired) electrons. The first-order valence-corrected chi connectivity index (χ1v) is 8.34. The highest BCUT2D eigenvalue weighted by atomic mass is 16.5. The molecule has 124 valence electrons. The summed E-state index contributed by atoms with van der Waals surface area (Å²) in [6, 6.07) is 5.62. The van der Waals surface area contributed by atoms with E-state index < -0.39 is 0 Å². The molecule has 22 heavy (non-hydrogen) atoms. The van der Waals surface area contributed by atoms with E-state index >= 15 is 0 Å². The molecular formula is C18H29NO3. The van der Waals surface area contributed by atoms with Crippen LogP contribution in [0.2, 0.25) is 0 Å². The van der Waals surface area contributed by atoms with Crippen LogP contribution in [0.15, 0.2) is 18.2 Å². The van der Waals surface area contributed by atoms with Gasteiger partial charge in [-0.05, 0) is 30.5 Å². The van der Waals surface area contributed by atoms with Crippen LogP contribution in [0.25, 0.3) is 0 Å². The number of hydrogen-bond donors (Lipinski definition) is 1. The third-order valence-electron chi connectivity index (χ3n) is 3.40. The Morgan fingerprint density at radius 1 is 0.955 bits per heavy atom. The van der Waals surface area contributed by atoms with Gasteiger partial charge in [-0.2, -0.15) is 0 Å². The number of ether oxygens (including phenoxy) is 2. The number of nitrogens with two attached hydrogens (primary N) is 1. The van der Waals surface area contributed by atoms with Crippen LogP contribution in [0.4, 0.5) is 0 Å². The average Bonchev–Trinajstić information content (AvgIpc) is 2.49. The van der Waals surface area contributed by atoms with Crippen LogP contribution in [0.3, 0.4) is 0 Å². The van der Waals surface area contributed by atoms with Gasteiger partial charge in [0, 0.05) is 0 Å². The minimum absolute atomic E-state index is 0.224. The summed E-state index contributed by atoms with van der Waals surface area (Å²) in [6.45, 7) is 5.68. The molecule has 0 aliphatic carbocycles. The maximum Gasteiger partial charge on any atom is 0.221 e. The molecule has 0 aromatic heterocycles. The average molecular weight is 307 g/mol. The summed E-state index contributed by atoms with van der Waals surface area (Å²) in [6.07, 6.45) is 6.91. The van der Waals surface area contributed by atoms with Crippen molar-refractivity contribution in [3.05, 3.63) is 23.8 Å². The maximum atomic E-state index is 11.1. The summed E-state index contributed by atoms with van der Waals surface area (Å²) in [4.78, 5) is 11.1. The number of amides is 1. The second kappa shape index (κ2) is 10.9. The Hall–Kier alpha value is -1.71. The minimum atomic E-state index is -0.339. The lowest BCUT2D eigenvalue weighted by molar-refractivity contribution is -0.117. The third-order valence-corrected chi connectivity index (χ3v) is 3.40. The van der Waals surface area contributed by atoms with Crippen molar-refractivity contribution in [1.29, 1.82) is 0 Å². The Bertz CT molecular complexity index is 446. The van der Waals surface area contributed by atoms with E-state index in [0.717, 1.165) is 43.4 Å². The summed E-state index contributed by atoms with van der Waals surface area (Å²) in [7, 11) is 0. The van der Waals surface area contributed by atoms with E-state index in [2.05, 4.69) is 13.8 Å². The standard InChI is InChI=1S/C18H29NO3/c1-3-5-7-11-21-16-10-9-15(14-18(19)20)13-17(16)22-12-8-6-4-2/h9-10,13H,3-8,11-12,14H2,1-2H3,(H2,19,20). The number of carbonyl (C=O) groups is 1. The van der Waals surface area contributed by atoms with E-state index in [1.165, 1.54) is 6.42 Å². The van der Waals surface area contributed by atoms with Crippen LogP contribution in [0.5, 0.6) is 11.5 Å². The fourth-order valence-electron chi connectivity index (χ4n) is 2.16. The molecule has 1 amide bonds. The highest BCUT2D eigenvalue weighted by Crippen LogP contribution is 2.29. The van der Waals surface area contributed by atoms with Crippen molar-refractivity contribution >= 4 is 5.91 Å². The predicted molar refractivity (Wildman–Crippen MR) is 89.4 cm³/mol. The van der Waals surface area contributed by atoms with Gasteiger partial charge in [-0.25, -0.2) is 0 Å². The zero-order valence-corrected chi connectivity index (χ0v) is 13.9. The first-order valence-electron chi connectivity index (χ1n) is 8.34. The van der Waals surface area contributed by atoms with Gasteiger partial charge in [-0.3, -0.25) is 4.79 Å². The Labute approximate surface area is 134 Å². The Balaban J connectivity index is 2.67. The van der Waals surface area contributed by atoms with E-state index in [0.29, 0.717) is 19.0 Å². The van der Waals surface area contributed by atoms with Crippen molar-refractivity contribution in [3.8, 4) is 11.5 Å². The highest BCUT2D eigenvalue weighted by Gasteiger charge is 2.08. The molecule has 1 aromatic carbocycles. The van der Waals surface area contributed by atoms with Gasteiger partial charge in [-0.1, -0.05) is 45.6 Å². The summed E-state index contributed by atoms with van der Waals surface area (Å²) in [5.74, 6) is 1.13. The van der Waals surface area contributed by atoms with Gasteiger partial charge < -0.3 is 15.2 Å². The van der Waals surface area contributed by atoms with Crippen molar-refractivity contribution in [2.45, 2.75) is 58.8 Å². The molecule has 0 saturated carbocycles. The molecule has 0 heterocycles. The summed E-state index contributed by atoms with van der Waals surface area (Å²) >= 11 is 0. The number of primary amides is 1. The SMILES string of the molecule is CCCCCOc1ccc(CC(N)=O)cc1OCCCCC. The topological polar surface area (TPSA) is 61.5 Å². The van der Waals surface area contributed by atoms with E-state index in [9.17, 15) is 4.79 Å². The largest absolute Gasteiger partial charge is 0.490 e. The lowest BCUT2D eigenvalue weighted by Crippen LogP contribution is -2.13. The second-order valence-corrected chi connectivity index (χ2v) is 5.54. The summed E-state index contributed by atoms with van der Waals surface area (Å²) < 4.78 is 11.7. The first-order chi connectivity index (χ1) is 10.7. The van der Waals surface area contributed by atoms with Gasteiger partial charge in [0.1, 0.15) is 0 Å². The van der Waals surface area contributed by atoms with Gasteiger partial charge in [0.05, 0.1) is 19.6 Å². The number of rotatable bonds is 12. The molecule has 4 heteroatoms. The number of hydrogen-bond acceptors (Lipinski definition) is 3. The molecule has 0 spiro atoms. The highest BCUT2D eigenvalue weighted by molar-refractivity contribution is 5.76. The number of benzene rings is 1. The molecule has 2 N–H and O–H groups in total. The fourth-order valence-corrected chi connectivity index (χ4v) is 2.16. The van der Waals surface area contributed by atoms with Crippen LogP contribution in [-0.2, 0) is 11.2 Å². The molecule has 0 unspecified atom stereocenters. The molecule has 0 saturated heterocycles.